The number of hydrogen-bond donors (Lipinski definition) is 2. The maximum Gasteiger partial charge on any atom is 0.285 e. The van der Waals surface area contributed by atoms with Crippen LogP contribution in [0.1, 0.15) is 58.7 Å². The fraction of sp³-hybridized carbons (Fsp3) is 0.267. The smallest absolute Gasteiger partial charge is 0.285 e. The molecule has 1 aliphatic rings. The Morgan fingerprint density at radius 1 is 1.20 bits per heavy atom. The van der Waals surface area contributed by atoms with Crippen LogP contribution >= 0.6 is 11.6 Å². The maximum atomic E-state index is 13.5. The molecule has 1 amide bonds. The van der Waals surface area contributed by atoms with E-state index in [-0.39, 0.29) is 27.4 Å². The molecule has 2 N–H and O–H groups in total. The largest absolute Gasteiger partial charge is 0.455 e. The second-order valence-corrected chi connectivity index (χ2v) is 12.5. The van der Waals surface area contributed by atoms with Crippen LogP contribution in [0.4, 0.5) is 5.69 Å². The van der Waals surface area contributed by atoms with Crippen molar-refractivity contribution in [1.82, 2.24) is 14.7 Å². The fourth-order valence-electron chi connectivity index (χ4n) is 4.83. The highest BCUT2D eigenvalue weighted by atomic mass is 35.5. The molecule has 0 radical (unpaired) electrons. The first-order valence-electron chi connectivity index (χ1n) is 12.8. The first kappa shape index (κ1) is 28.3. The van der Waals surface area contributed by atoms with E-state index in [2.05, 4.69) is 21.2 Å². The SMILES string of the molecule is C#CC1(c2ccc(-c3oc4c([C@@H](C)Nc5ccc(Cl)nc5C(=O)NS(C)(=O)=O)cc(C)cc4c(=O)c3C)cn2)CC1. The molecule has 4 aromatic rings. The molecule has 41 heavy (non-hydrogen) atoms. The molecule has 1 aromatic carbocycles. The topological polar surface area (TPSA) is 131 Å². The van der Waals surface area contributed by atoms with Crippen molar-refractivity contribution < 1.29 is 17.6 Å². The van der Waals surface area contributed by atoms with E-state index in [9.17, 15) is 18.0 Å². The summed E-state index contributed by atoms with van der Waals surface area (Å²) in [6.45, 7) is 5.41. The number of sulfonamides is 1. The molecule has 210 valence electrons. The van der Waals surface area contributed by atoms with Crippen molar-refractivity contribution >= 4 is 44.2 Å². The van der Waals surface area contributed by atoms with Crippen molar-refractivity contribution in [2.45, 2.75) is 45.1 Å². The summed E-state index contributed by atoms with van der Waals surface area (Å²) >= 11 is 6.01. The molecule has 1 atom stereocenters. The maximum absolute atomic E-state index is 13.5. The van der Waals surface area contributed by atoms with Crippen LogP contribution in [0.2, 0.25) is 5.15 Å². The van der Waals surface area contributed by atoms with Crippen LogP contribution < -0.4 is 15.5 Å². The van der Waals surface area contributed by atoms with E-state index in [4.69, 9.17) is 22.4 Å². The zero-order valence-corrected chi connectivity index (χ0v) is 24.4. The van der Waals surface area contributed by atoms with Crippen LogP contribution in [0, 0.1) is 26.2 Å². The van der Waals surface area contributed by atoms with Crippen LogP contribution in [-0.4, -0.2) is 30.5 Å². The molecule has 1 saturated carbocycles. The number of nitrogens with zero attached hydrogens (tertiary/aromatic N) is 2. The van der Waals surface area contributed by atoms with Gasteiger partial charge in [-0.25, -0.2) is 18.1 Å². The van der Waals surface area contributed by atoms with E-state index < -0.39 is 22.0 Å². The van der Waals surface area contributed by atoms with Gasteiger partial charge in [-0.2, -0.15) is 0 Å². The van der Waals surface area contributed by atoms with Crippen LogP contribution in [0.5, 0.6) is 0 Å². The molecule has 5 rings (SSSR count). The van der Waals surface area contributed by atoms with Crippen molar-refractivity contribution in [2.24, 2.45) is 0 Å². The third-order valence-electron chi connectivity index (χ3n) is 7.13. The lowest BCUT2D eigenvalue weighted by Gasteiger charge is -2.20. The van der Waals surface area contributed by atoms with Gasteiger partial charge in [-0.05, 0) is 69.5 Å². The van der Waals surface area contributed by atoms with Crippen LogP contribution in [0.25, 0.3) is 22.3 Å². The summed E-state index contributed by atoms with van der Waals surface area (Å²) in [7, 11) is -3.84. The number of nitrogens with one attached hydrogen (secondary N) is 2. The predicted octanol–water partition coefficient (Wildman–Crippen LogP) is 5.05. The van der Waals surface area contributed by atoms with Gasteiger partial charge < -0.3 is 9.73 Å². The van der Waals surface area contributed by atoms with E-state index in [1.54, 1.807) is 19.2 Å². The number of benzene rings is 1. The Morgan fingerprint density at radius 2 is 1.93 bits per heavy atom. The molecular weight excluding hydrogens is 564 g/mol. The molecule has 0 bridgehead atoms. The Balaban J connectivity index is 1.58. The summed E-state index contributed by atoms with van der Waals surface area (Å²) < 4.78 is 31.7. The Kier molecular flexibility index (Phi) is 7.14. The van der Waals surface area contributed by atoms with E-state index in [0.717, 1.165) is 30.4 Å². The summed E-state index contributed by atoms with van der Waals surface area (Å²) in [6, 6.07) is 9.90. The van der Waals surface area contributed by atoms with Gasteiger partial charge in [0.05, 0.1) is 34.5 Å². The zero-order chi connectivity index (χ0) is 29.7. The number of aryl methyl sites for hydroxylation is 1. The van der Waals surface area contributed by atoms with Gasteiger partial charge in [0.15, 0.2) is 11.1 Å². The highest BCUT2D eigenvalue weighted by Gasteiger charge is 2.44. The quantitative estimate of drug-likeness (QED) is 0.226. The summed E-state index contributed by atoms with van der Waals surface area (Å²) in [4.78, 5) is 34.8. The molecule has 11 heteroatoms. The summed E-state index contributed by atoms with van der Waals surface area (Å²) in [5, 5.41) is 3.63. The minimum Gasteiger partial charge on any atom is -0.455 e. The van der Waals surface area contributed by atoms with E-state index in [1.807, 2.05) is 36.8 Å². The number of fused-ring (bicyclic) bond motifs is 1. The van der Waals surface area contributed by atoms with Gasteiger partial charge in [0.25, 0.3) is 5.91 Å². The van der Waals surface area contributed by atoms with E-state index in [1.165, 1.54) is 12.1 Å². The molecule has 0 unspecified atom stereocenters. The van der Waals surface area contributed by atoms with Gasteiger partial charge in [-0.3, -0.25) is 14.6 Å². The monoisotopic (exact) mass is 590 g/mol. The number of carbonyl (C=O) groups excluding carboxylic acids is 1. The van der Waals surface area contributed by atoms with Crippen molar-refractivity contribution in [3.05, 3.63) is 86.0 Å². The minimum atomic E-state index is -3.84. The van der Waals surface area contributed by atoms with Gasteiger partial charge in [0.1, 0.15) is 16.5 Å². The first-order valence-corrected chi connectivity index (χ1v) is 15.1. The normalized spacial score (nSPS) is 14.7. The second kappa shape index (κ2) is 10.3. The third kappa shape index (κ3) is 5.56. The number of hydrogen-bond acceptors (Lipinski definition) is 8. The van der Waals surface area contributed by atoms with Crippen molar-refractivity contribution in [3.63, 3.8) is 0 Å². The number of amides is 1. The zero-order valence-electron chi connectivity index (χ0n) is 22.8. The number of anilines is 1. The number of pyridine rings is 2. The molecule has 3 heterocycles. The van der Waals surface area contributed by atoms with Gasteiger partial charge in [0.2, 0.25) is 10.0 Å². The predicted molar refractivity (Wildman–Crippen MR) is 159 cm³/mol. The molecule has 1 fully saturated rings. The van der Waals surface area contributed by atoms with Gasteiger partial charge in [-0.15, -0.1) is 6.42 Å². The number of terminal acetylenes is 1. The molecule has 0 spiro atoms. The number of carbonyl (C=O) groups is 1. The average Bonchev–Trinajstić information content (AvgIpc) is 3.72. The number of rotatable bonds is 7. The third-order valence-corrected chi connectivity index (χ3v) is 7.89. The fourth-order valence-corrected chi connectivity index (χ4v) is 5.41. The van der Waals surface area contributed by atoms with Gasteiger partial charge in [-0.1, -0.05) is 23.6 Å². The van der Waals surface area contributed by atoms with Crippen molar-refractivity contribution in [1.29, 1.82) is 0 Å². The Morgan fingerprint density at radius 3 is 2.54 bits per heavy atom. The van der Waals surface area contributed by atoms with Crippen molar-refractivity contribution in [3.8, 4) is 23.7 Å². The molecule has 9 nitrogen and oxygen atoms in total. The molecule has 0 aliphatic heterocycles. The van der Waals surface area contributed by atoms with E-state index >= 15 is 0 Å². The summed E-state index contributed by atoms with van der Waals surface area (Å²) in [6.07, 6.45) is 10.0. The highest BCUT2D eigenvalue weighted by Crippen LogP contribution is 2.46. The average molecular weight is 591 g/mol. The van der Waals surface area contributed by atoms with E-state index in [0.29, 0.717) is 33.4 Å². The van der Waals surface area contributed by atoms with Crippen LogP contribution in [-0.2, 0) is 15.4 Å². The van der Waals surface area contributed by atoms with Gasteiger partial charge >= 0.3 is 0 Å². The minimum absolute atomic E-state index is 0.0171. The number of aromatic nitrogens is 2. The standard InChI is InChI=1S/C30H27ClN4O5S/c1-6-30(11-12-30)23-9-7-19(15-32-23)27-17(3)26(36)21-14-16(2)13-20(28(21)40-27)18(4)33-22-8-10-24(31)34-25(22)29(37)35-41(5,38)39/h1,7-10,13-15,18,33H,11-12H2,2-5H3,(H,35,37)/t18-/m1/s1. The first-order chi connectivity index (χ1) is 19.3. The number of halogens is 1. The lowest BCUT2D eigenvalue weighted by molar-refractivity contribution is 0.0977. The Bertz CT molecular complexity index is 1920. The lowest BCUT2D eigenvalue weighted by atomic mass is 9.98. The van der Waals surface area contributed by atoms with Crippen LogP contribution in [0.15, 0.2) is 51.8 Å². The Labute approximate surface area is 242 Å². The highest BCUT2D eigenvalue weighted by molar-refractivity contribution is 7.89. The van der Waals surface area contributed by atoms with Crippen molar-refractivity contribution in [2.75, 3.05) is 11.6 Å². The molecular formula is C30H27ClN4O5S. The summed E-state index contributed by atoms with van der Waals surface area (Å²) in [5.41, 5.74) is 3.34. The lowest BCUT2D eigenvalue weighted by Crippen LogP contribution is -2.31. The summed E-state index contributed by atoms with van der Waals surface area (Å²) in [5.74, 6) is 2.29. The van der Waals surface area contributed by atoms with Crippen LogP contribution in [0.3, 0.4) is 0 Å². The molecule has 0 saturated heterocycles. The van der Waals surface area contributed by atoms with Gasteiger partial charge in [0, 0.05) is 22.9 Å². The molecule has 3 aromatic heterocycles. The molecule has 1 aliphatic carbocycles. The Hall–Kier alpha value is -4.20. The second-order valence-electron chi connectivity index (χ2n) is 10.4.